The van der Waals surface area contributed by atoms with Crippen LogP contribution in [0.4, 0.5) is 0 Å². The van der Waals surface area contributed by atoms with Gasteiger partial charge in [-0.2, -0.15) is 0 Å². The Morgan fingerprint density at radius 3 is 3.14 bits per heavy atom. The first kappa shape index (κ1) is 17.0. The summed E-state index contributed by atoms with van der Waals surface area (Å²) in [7, 11) is 3.57. The first-order chi connectivity index (χ1) is 10.6. The molecule has 0 bridgehead atoms. The molecule has 1 aliphatic heterocycles. The largest absolute Gasteiger partial charge is 0.383 e. The molecule has 1 saturated heterocycles. The first-order valence-electron chi connectivity index (χ1n) is 8.06. The predicted octanol–water partition coefficient (Wildman–Crippen LogP) is 1.67. The highest BCUT2D eigenvalue weighted by atomic mass is 16.5. The fraction of sp³-hybridized carbons (Fsp3) is 0.750. The summed E-state index contributed by atoms with van der Waals surface area (Å²) in [6.45, 7) is 6.68. The van der Waals surface area contributed by atoms with Crippen molar-refractivity contribution in [3.63, 3.8) is 0 Å². The third-order valence-electron chi connectivity index (χ3n) is 4.13. The van der Waals surface area contributed by atoms with Crippen molar-refractivity contribution in [2.75, 3.05) is 46.9 Å². The summed E-state index contributed by atoms with van der Waals surface area (Å²) in [6, 6.07) is 1.77. The summed E-state index contributed by atoms with van der Waals surface area (Å²) < 4.78 is 10.3. The molecule has 1 unspecified atom stereocenters. The van der Waals surface area contributed by atoms with Crippen molar-refractivity contribution < 1.29 is 14.1 Å². The molecule has 0 spiro atoms. The monoisotopic (exact) mass is 309 g/mol. The molecule has 124 valence electrons. The maximum absolute atomic E-state index is 12.4. The molecule has 6 heteroatoms. The average molecular weight is 309 g/mol. The summed E-state index contributed by atoms with van der Waals surface area (Å²) in [5, 5.41) is 3.89. The lowest BCUT2D eigenvalue weighted by molar-refractivity contribution is 0.0761. The number of nitrogens with zero attached hydrogens (tertiary/aromatic N) is 3. The van der Waals surface area contributed by atoms with Gasteiger partial charge in [0.1, 0.15) is 5.76 Å². The van der Waals surface area contributed by atoms with Crippen molar-refractivity contribution in [3.05, 3.63) is 17.5 Å². The highest BCUT2D eigenvalue weighted by Gasteiger charge is 2.26. The molecular weight excluding hydrogens is 282 g/mol. The van der Waals surface area contributed by atoms with Crippen molar-refractivity contribution >= 4 is 5.91 Å². The van der Waals surface area contributed by atoms with Crippen LogP contribution in [0.1, 0.15) is 36.0 Å². The number of carbonyl (C=O) groups is 1. The molecule has 1 aromatic heterocycles. The molecule has 2 rings (SSSR count). The number of carbonyl (C=O) groups excluding carboxylic acids is 1. The van der Waals surface area contributed by atoms with E-state index < -0.39 is 0 Å². The van der Waals surface area contributed by atoms with E-state index in [0.29, 0.717) is 11.6 Å². The van der Waals surface area contributed by atoms with Crippen LogP contribution in [-0.2, 0) is 11.2 Å². The van der Waals surface area contributed by atoms with Gasteiger partial charge >= 0.3 is 0 Å². The minimum atomic E-state index is -0.0542. The summed E-state index contributed by atoms with van der Waals surface area (Å²) in [6.07, 6.45) is 2.93. The molecule has 1 amide bonds. The summed E-state index contributed by atoms with van der Waals surface area (Å²) >= 11 is 0. The van der Waals surface area contributed by atoms with E-state index in [1.165, 1.54) is 0 Å². The molecule has 1 atom stereocenters. The van der Waals surface area contributed by atoms with Crippen LogP contribution >= 0.6 is 0 Å². The topological polar surface area (TPSA) is 58.8 Å². The number of hydrogen-bond donors (Lipinski definition) is 0. The number of aromatic nitrogens is 1. The molecule has 22 heavy (non-hydrogen) atoms. The third-order valence-corrected chi connectivity index (χ3v) is 4.13. The van der Waals surface area contributed by atoms with E-state index in [9.17, 15) is 4.79 Å². The van der Waals surface area contributed by atoms with Crippen LogP contribution in [0.2, 0.25) is 0 Å². The first-order valence-corrected chi connectivity index (χ1v) is 8.06. The Hall–Kier alpha value is -1.40. The zero-order chi connectivity index (χ0) is 15.9. The van der Waals surface area contributed by atoms with Gasteiger partial charge in [-0.05, 0) is 25.3 Å². The van der Waals surface area contributed by atoms with Gasteiger partial charge in [-0.3, -0.25) is 4.79 Å². The van der Waals surface area contributed by atoms with Crippen LogP contribution in [0, 0.1) is 5.92 Å². The Labute approximate surface area is 132 Å². The van der Waals surface area contributed by atoms with E-state index in [1.807, 2.05) is 7.05 Å². The van der Waals surface area contributed by atoms with Gasteiger partial charge in [-0.25, -0.2) is 0 Å². The van der Waals surface area contributed by atoms with Crippen molar-refractivity contribution in [2.45, 2.75) is 26.2 Å². The van der Waals surface area contributed by atoms with Gasteiger partial charge in [0.2, 0.25) is 0 Å². The van der Waals surface area contributed by atoms with Gasteiger partial charge < -0.3 is 19.1 Å². The molecule has 1 aromatic rings. The fourth-order valence-electron chi connectivity index (χ4n) is 2.93. The Bertz CT molecular complexity index is 475. The lowest BCUT2D eigenvalue weighted by Crippen LogP contribution is -2.33. The van der Waals surface area contributed by atoms with Crippen molar-refractivity contribution in [3.8, 4) is 0 Å². The zero-order valence-corrected chi connectivity index (χ0v) is 13.9. The van der Waals surface area contributed by atoms with E-state index >= 15 is 0 Å². The number of methoxy groups -OCH3 is 1. The number of hydrogen-bond acceptors (Lipinski definition) is 5. The van der Waals surface area contributed by atoms with E-state index in [2.05, 4.69) is 17.0 Å². The Morgan fingerprint density at radius 2 is 2.41 bits per heavy atom. The maximum atomic E-state index is 12.4. The van der Waals surface area contributed by atoms with Gasteiger partial charge in [-0.15, -0.1) is 0 Å². The van der Waals surface area contributed by atoms with Crippen LogP contribution in [0.15, 0.2) is 10.6 Å². The minimum Gasteiger partial charge on any atom is -0.383 e. The Morgan fingerprint density at radius 1 is 1.59 bits per heavy atom. The van der Waals surface area contributed by atoms with Crippen LogP contribution in [0.25, 0.3) is 0 Å². The average Bonchev–Trinajstić information content (AvgIpc) is 3.14. The van der Waals surface area contributed by atoms with Gasteiger partial charge in [0.05, 0.1) is 6.61 Å². The zero-order valence-electron chi connectivity index (χ0n) is 13.9. The van der Waals surface area contributed by atoms with Gasteiger partial charge in [0, 0.05) is 46.3 Å². The number of rotatable bonds is 8. The fourth-order valence-corrected chi connectivity index (χ4v) is 2.93. The van der Waals surface area contributed by atoms with Gasteiger partial charge in [-0.1, -0.05) is 12.1 Å². The quantitative estimate of drug-likeness (QED) is 0.731. The van der Waals surface area contributed by atoms with Crippen molar-refractivity contribution in [1.29, 1.82) is 0 Å². The molecule has 0 aliphatic carbocycles. The molecule has 1 fully saturated rings. The summed E-state index contributed by atoms with van der Waals surface area (Å²) in [4.78, 5) is 16.5. The molecule has 0 radical (unpaired) electrons. The molecule has 2 heterocycles. The van der Waals surface area contributed by atoms with E-state index in [1.54, 1.807) is 18.1 Å². The summed E-state index contributed by atoms with van der Waals surface area (Å²) in [5.74, 6) is 1.25. The van der Waals surface area contributed by atoms with Crippen LogP contribution in [0.5, 0.6) is 0 Å². The molecular formula is C16H27N3O3. The third kappa shape index (κ3) is 4.55. The smallest absolute Gasteiger partial charge is 0.275 e. The standard InChI is InChI=1S/C16H27N3O3/c1-4-5-14-10-15(17-22-14)16(20)18(2)11-13-6-7-19(12-13)8-9-21-3/h10,13H,4-9,11-12H2,1-3H3. The molecule has 1 aliphatic rings. The molecule has 0 aromatic carbocycles. The SMILES string of the molecule is CCCc1cc(C(=O)N(C)CC2CCN(CCOC)C2)no1. The minimum absolute atomic E-state index is 0.0542. The Kier molecular flexibility index (Phi) is 6.39. The molecule has 0 saturated carbocycles. The van der Waals surface area contributed by atoms with E-state index in [0.717, 1.165) is 57.8 Å². The molecule has 6 nitrogen and oxygen atoms in total. The van der Waals surface area contributed by atoms with Crippen molar-refractivity contribution in [1.82, 2.24) is 15.0 Å². The molecule has 0 N–H and O–H groups in total. The lowest BCUT2D eigenvalue weighted by Gasteiger charge is -2.21. The number of amides is 1. The number of aryl methyl sites for hydroxylation is 1. The second kappa shape index (κ2) is 8.29. The van der Waals surface area contributed by atoms with Crippen LogP contribution < -0.4 is 0 Å². The maximum Gasteiger partial charge on any atom is 0.275 e. The van der Waals surface area contributed by atoms with E-state index in [-0.39, 0.29) is 5.91 Å². The van der Waals surface area contributed by atoms with Crippen LogP contribution in [-0.4, -0.2) is 67.8 Å². The van der Waals surface area contributed by atoms with Gasteiger partial charge in [0.25, 0.3) is 5.91 Å². The summed E-state index contributed by atoms with van der Waals surface area (Å²) in [5.41, 5.74) is 0.417. The second-order valence-electron chi connectivity index (χ2n) is 6.06. The predicted molar refractivity (Wildman–Crippen MR) is 83.9 cm³/mol. The number of ether oxygens (including phenoxy) is 1. The lowest BCUT2D eigenvalue weighted by atomic mass is 10.1. The van der Waals surface area contributed by atoms with Crippen LogP contribution in [0.3, 0.4) is 0 Å². The number of likely N-dealkylation sites (tertiary alicyclic amines) is 1. The highest BCUT2D eigenvalue weighted by Crippen LogP contribution is 2.18. The normalized spacial score (nSPS) is 18.8. The van der Waals surface area contributed by atoms with Crippen molar-refractivity contribution in [2.24, 2.45) is 5.92 Å². The highest BCUT2D eigenvalue weighted by molar-refractivity contribution is 5.92. The van der Waals surface area contributed by atoms with E-state index in [4.69, 9.17) is 9.26 Å². The Balaban J connectivity index is 1.81. The van der Waals surface area contributed by atoms with Gasteiger partial charge in [0.15, 0.2) is 5.69 Å². The second-order valence-corrected chi connectivity index (χ2v) is 6.06.